The molecule has 2 aromatic rings. The zero-order chi connectivity index (χ0) is 24.3. The number of rotatable bonds is 5. The van der Waals surface area contributed by atoms with Gasteiger partial charge in [-0.1, -0.05) is 31.0 Å². The minimum Gasteiger partial charge on any atom is -0.486 e. The molecule has 186 valence electrons. The average Bonchev–Trinajstić information content (AvgIpc) is 3.21. The zero-order valence-corrected chi connectivity index (χ0v) is 20.7. The van der Waals surface area contributed by atoms with Crippen LogP contribution in [0.1, 0.15) is 55.7 Å². The van der Waals surface area contributed by atoms with E-state index >= 15 is 0 Å². The normalized spacial score (nSPS) is 21.3. The van der Waals surface area contributed by atoms with E-state index in [4.69, 9.17) is 9.47 Å². The smallest absolute Gasteiger partial charge is 0.247 e. The van der Waals surface area contributed by atoms with Crippen molar-refractivity contribution in [2.24, 2.45) is 0 Å². The van der Waals surface area contributed by atoms with Crippen molar-refractivity contribution in [3.63, 3.8) is 0 Å². The van der Waals surface area contributed by atoms with Crippen molar-refractivity contribution in [2.45, 2.75) is 49.5 Å². The van der Waals surface area contributed by atoms with E-state index in [1.165, 1.54) is 0 Å². The molecule has 1 atom stereocenters. The van der Waals surface area contributed by atoms with Gasteiger partial charge in [-0.3, -0.25) is 4.79 Å². The summed E-state index contributed by atoms with van der Waals surface area (Å²) in [4.78, 5) is 15.2. The predicted molar refractivity (Wildman–Crippen MR) is 134 cm³/mol. The first-order valence-electron chi connectivity index (χ1n) is 12.5. The molecule has 0 saturated carbocycles. The van der Waals surface area contributed by atoms with Crippen molar-refractivity contribution in [3.05, 3.63) is 59.7 Å². The molecule has 0 aliphatic carbocycles. The minimum absolute atomic E-state index is 0.00381. The number of fused-ring (bicyclic) bond motifs is 1. The predicted octanol–water partition coefficient (Wildman–Crippen LogP) is 4.40. The molecule has 2 saturated heterocycles. The number of hydrogen-bond acceptors (Lipinski definition) is 5. The highest BCUT2D eigenvalue weighted by Gasteiger charge is 2.30. The fourth-order valence-corrected chi connectivity index (χ4v) is 6.61. The number of ether oxygens (including phenoxy) is 2. The van der Waals surface area contributed by atoms with Crippen LogP contribution in [-0.2, 0) is 14.8 Å². The molecule has 8 heteroatoms. The molecule has 5 rings (SSSR count). The van der Waals surface area contributed by atoms with E-state index in [-0.39, 0.29) is 11.9 Å². The fourth-order valence-electron chi connectivity index (χ4n) is 5.09. The summed E-state index contributed by atoms with van der Waals surface area (Å²) in [6, 6.07) is 12.7. The highest BCUT2D eigenvalue weighted by Crippen LogP contribution is 2.38. The van der Waals surface area contributed by atoms with E-state index in [0.717, 1.165) is 61.2 Å². The first kappa shape index (κ1) is 23.9. The quantitative estimate of drug-likeness (QED) is 0.574. The van der Waals surface area contributed by atoms with Crippen molar-refractivity contribution in [1.29, 1.82) is 0 Å². The van der Waals surface area contributed by atoms with Gasteiger partial charge in [0.05, 0.1) is 10.9 Å². The van der Waals surface area contributed by atoms with Gasteiger partial charge in [0.25, 0.3) is 0 Å². The van der Waals surface area contributed by atoms with E-state index in [0.29, 0.717) is 37.7 Å². The Morgan fingerprint density at radius 3 is 2.31 bits per heavy atom. The summed E-state index contributed by atoms with van der Waals surface area (Å²) < 4.78 is 38.9. The summed E-state index contributed by atoms with van der Waals surface area (Å²) in [5, 5.41) is 0. The van der Waals surface area contributed by atoms with Gasteiger partial charge in [0, 0.05) is 25.7 Å². The lowest BCUT2D eigenvalue weighted by molar-refractivity contribution is -0.126. The third kappa shape index (κ3) is 5.23. The summed E-state index contributed by atoms with van der Waals surface area (Å²) >= 11 is 0. The molecule has 0 aromatic heterocycles. The van der Waals surface area contributed by atoms with Crippen LogP contribution in [0.15, 0.2) is 53.4 Å². The van der Waals surface area contributed by atoms with Gasteiger partial charge in [0.2, 0.25) is 15.9 Å². The molecule has 2 aromatic carbocycles. The van der Waals surface area contributed by atoms with E-state index < -0.39 is 10.0 Å². The molecule has 1 unspecified atom stereocenters. The molecular weight excluding hydrogens is 464 g/mol. The van der Waals surface area contributed by atoms with E-state index in [9.17, 15) is 13.2 Å². The molecule has 1 amide bonds. The summed E-state index contributed by atoms with van der Waals surface area (Å²) in [7, 11) is -3.48. The topological polar surface area (TPSA) is 76.2 Å². The van der Waals surface area contributed by atoms with Crippen LogP contribution in [-0.4, -0.2) is 56.4 Å². The SMILES string of the molecule is O=C(C=Cc1ccc(S(=O)(=O)N2CCCCCC2)cc1)N1CCCC1c1ccc2c(c1)OCCO2. The van der Waals surface area contributed by atoms with E-state index in [1.807, 2.05) is 23.1 Å². The van der Waals surface area contributed by atoms with Crippen LogP contribution in [0, 0.1) is 0 Å². The van der Waals surface area contributed by atoms with Crippen LogP contribution in [0.2, 0.25) is 0 Å². The standard InChI is InChI=1S/C27H32N2O5S/c30-27(29-17-5-6-24(29)22-10-13-25-26(20-22)34-19-18-33-25)14-9-21-7-11-23(12-8-21)35(31,32)28-15-3-1-2-4-16-28/h7-14,20,24H,1-6,15-19H2. The highest BCUT2D eigenvalue weighted by atomic mass is 32.2. The Morgan fingerprint density at radius 1 is 0.857 bits per heavy atom. The van der Waals surface area contributed by atoms with Crippen molar-refractivity contribution >= 4 is 22.0 Å². The first-order valence-corrected chi connectivity index (χ1v) is 13.9. The molecular formula is C27H32N2O5S. The summed E-state index contributed by atoms with van der Waals surface area (Å²) in [6.07, 6.45) is 9.16. The van der Waals surface area contributed by atoms with Crippen LogP contribution in [0.3, 0.4) is 0 Å². The Balaban J connectivity index is 1.26. The third-order valence-corrected chi connectivity index (χ3v) is 8.90. The number of carbonyl (C=O) groups excluding carboxylic acids is 1. The number of hydrogen-bond donors (Lipinski definition) is 0. The van der Waals surface area contributed by atoms with Gasteiger partial charge in [-0.2, -0.15) is 4.31 Å². The number of carbonyl (C=O) groups is 1. The molecule has 3 aliphatic heterocycles. The summed E-state index contributed by atoms with van der Waals surface area (Å²) in [5.41, 5.74) is 1.85. The summed E-state index contributed by atoms with van der Waals surface area (Å²) in [6.45, 7) is 2.95. The molecule has 3 aliphatic rings. The number of likely N-dealkylation sites (tertiary alicyclic amines) is 1. The van der Waals surface area contributed by atoms with Crippen LogP contribution < -0.4 is 9.47 Å². The number of sulfonamides is 1. The fraction of sp³-hybridized carbons (Fsp3) is 0.444. The lowest BCUT2D eigenvalue weighted by Crippen LogP contribution is -2.31. The zero-order valence-electron chi connectivity index (χ0n) is 19.9. The summed E-state index contributed by atoms with van der Waals surface area (Å²) in [5.74, 6) is 1.43. The molecule has 0 N–H and O–H groups in total. The molecule has 0 bridgehead atoms. The molecule has 3 heterocycles. The van der Waals surface area contributed by atoms with Crippen molar-refractivity contribution in [1.82, 2.24) is 9.21 Å². The lowest BCUT2D eigenvalue weighted by atomic mass is 10.0. The Bertz CT molecular complexity index is 1180. The molecule has 7 nitrogen and oxygen atoms in total. The maximum Gasteiger partial charge on any atom is 0.247 e. The van der Waals surface area contributed by atoms with Gasteiger partial charge in [-0.05, 0) is 67.2 Å². The third-order valence-electron chi connectivity index (χ3n) is 6.99. The van der Waals surface area contributed by atoms with Gasteiger partial charge < -0.3 is 14.4 Å². The second kappa shape index (κ2) is 10.4. The Kier molecular flexibility index (Phi) is 7.11. The lowest BCUT2D eigenvalue weighted by Gasteiger charge is -2.26. The van der Waals surface area contributed by atoms with Gasteiger partial charge in [-0.25, -0.2) is 8.42 Å². The van der Waals surface area contributed by atoms with Crippen LogP contribution >= 0.6 is 0 Å². The number of nitrogens with zero attached hydrogens (tertiary/aromatic N) is 2. The Labute approximate surface area is 207 Å². The van der Waals surface area contributed by atoms with Crippen molar-refractivity contribution in [2.75, 3.05) is 32.8 Å². The van der Waals surface area contributed by atoms with Crippen LogP contribution in [0.4, 0.5) is 0 Å². The van der Waals surface area contributed by atoms with Crippen molar-refractivity contribution in [3.8, 4) is 11.5 Å². The molecule has 0 radical (unpaired) electrons. The Morgan fingerprint density at radius 2 is 1.57 bits per heavy atom. The minimum atomic E-state index is -3.48. The van der Waals surface area contributed by atoms with Crippen molar-refractivity contribution < 1.29 is 22.7 Å². The first-order chi connectivity index (χ1) is 17.0. The molecule has 35 heavy (non-hydrogen) atoms. The maximum atomic E-state index is 13.0. The van der Waals surface area contributed by atoms with Crippen LogP contribution in [0.25, 0.3) is 6.08 Å². The van der Waals surface area contributed by atoms with Crippen LogP contribution in [0.5, 0.6) is 11.5 Å². The number of benzene rings is 2. The largest absolute Gasteiger partial charge is 0.486 e. The molecule has 2 fully saturated rings. The van der Waals surface area contributed by atoms with Gasteiger partial charge >= 0.3 is 0 Å². The Hall–Kier alpha value is -2.84. The average molecular weight is 497 g/mol. The highest BCUT2D eigenvalue weighted by molar-refractivity contribution is 7.89. The second-order valence-electron chi connectivity index (χ2n) is 9.31. The molecule has 0 spiro atoms. The van der Waals surface area contributed by atoms with E-state index in [1.54, 1.807) is 40.7 Å². The maximum absolute atomic E-state index is 13.0. The van der Waals surface area contributed by atoms with Gasteiger partial charge in [0.15, 0.2) is 11.5 Å². The second-order valence-corrected chi connectivity index (χ2v) is 11.3. The van der Waals surface area contributed by atoms with E-state index in [2.05, 4.69) is 0 Å². The van der Waals surface area contributed by atoms with Gasteiger partial charge in [-0.15, -0.1) is 0 Å². The monoisotopic (exact) mass is 496 g/mol. The van der Waals surface area contributed by atoms with Gasteiger partial charge in [0.1, 0.15) is 13.2 Å². The number of amides is 1.